The van der Waals surface area contributed by atoms with E-state index < -0.39 is 55.4 Å². The zero-order valence-electron chi connectivity index (χ0n) is 12.6. The number of aromatic hydroxyl groups is 1. The molecular formula is C13H7F5KNO4S. The van der Waals surface area contributed by atoms with Crippen molar-refractivity contribution in [1.82, 2.24) is 0 Å². The molecule has 0 aromatic heterocycles. The minimum atomic E-state index is -5.30. The number of hydrogen-bond donors (Lipinski definition) is 1. The Balaban J connectivity index is 0.00000312. The summed E-state index contributed by atoms with van der Waals surface area (Å²) < 4.78 is 97.8. The maximum absolute atomic E-state index is 13.6. The van der Waals surface area contributed by atoms with Gasteiger partial charge in [-0.25, -0.2) is 30.4 Å². The van der Waals surface area contributed by atoms with E-state index in [9.17, 15) is 35.5 Å². The molecule has 0 fully saturated rings. The number of hydrogen-bond acceptors (Lipinski definition) is 4. The summed E-state index contributed by atoms with van der Waals surface area (Å²) in [4.78, 5) is -2.09. The van der Waals surface area contributed by atoms with Crippen LogP contribution in [-0.4, -0.2) is 20.6 Å². The molecule has 0 atom stereocenters. The number of ether oxygens (including phenoxy) is 1. The van der Waals surface area contributed by atoms with E-state index in [4.69, 9.17) is 4.74 Å². The molecule has 0 radical (unpaired) electrons. The third kappa shape index (κ3) is 4.26. The van der Waals surface area contributed by atoms with Gasteiger partial charge in [0.15, 0.2) is 34.8 Å². The van der Waals surface area contributed by atoms with Gasteiger partial charge in [-0.3, -0.25) is 0 Å². The molecule has 0 saturated carbocycles. The summed E-state index contributed by atoms with van der Waals surface area (Å²) >= 11 is 0. The van der Waals surface area contributed by atoms with Crippen molar-refractivity contribution in [3.05, 3.63) is 52.0 Å². The number of phenols is 1. The standard InChI is InChI=1S/C13H7F5NO4S.K/c1-23-7-3-2-5(4-6(7)20)19-24(21,22)13-11(17)9(15)8(14)10(16)12(13)18;/h2-4,20H,1H3;/q-1;+1. The van der Waals surface area contributed by atoms with Crippen LogP contribution in [-0.2, 0) is 10.0 Å². The van der Waals surface area contributed by atoms with Gasteiger partial charge in [0.2, 0.25) is 5.82 Å². The Kier molecular flexibility index (Phi) is 7.24. The fraction of sp³-hybridized carbons (Fsp3) is 0.0769. The van der Waals surface area contributed by atoms with Crippen molar-refractivity contribution < 1.29 is 91.6 Å². The number of sulfonamides is 1. The zero-order valence-corrected chi connectivity index (χ0v) is 16.6. The van der Waals surface area contributed by atoms with Gasteiger partial charge in [0.1, 0.15) is 14.9 Å². The molecule has 0 aliphatic carbocycles. The summed E-state index contributed by atoms with van der Waals surface area (Å²) in [5.41, 5.74) is -0.516. The number of halogens is 5. The summed E-state index contributed by atoms with van der Waals surface area (Å²) in [6, 6.07) is 2.84. The smallest absolute Gasteiger partial charge is 0.572 e. The molecule has 2 rings (SSSR count). The van der Waals surface area contributed by atoms with E-state index in [0.717, 1.165) is 18.2 Å². The van der Waals surface area contributed by atoms with Gasteiger partial charge >= 0.3 is 51.4 Å². The first-order chi connectivity index (χ1) is 11.1. The van der Waals surface area contributed by atoms with E-state index in [1.807, 2.05) is 0 Å². The van der Waals surface area contributed by atoms with Crippen LogP contribution >= 0.6 is 0 Å². The van der Waals surface area contributed by atoms with Crippen molar-refractivity contribution in [3.63, 3.8) is 0 Å². The third-order valence-corrected chi connectivity index (χ3v) is 4.14. The van der Waals surface area contributed by atoms with Crippen molar-refractivity contribution in [2.75, 3.05) is 7.11 Å². The molecule has 0 aliphatic rings. The quantitative estimate of drug-likeness (QED) is 0.347. The van der Waals surface area contributed by atoms with Crippen molar-refractivity contribution in [1.29, 1.82) is 0 Å². The van der Waals surface area contributed by atoms with Gasteiger partial charge in [0.25, 0.3) is 0 Å². The fourth-order valence-corrected chi connectivity index (χ4v) is 2.85. The Hall–Kier alpha value is -0.924. The van der Waals surface area contributed by atoms with E-state index in [0.29, 0.717) is 0 Å². The predicted octanol–water partition coefficient (Wildman–Crippen LogP) is 0.494. The fourth-order valence-electron chi connectivity index (χ4n) is 1.73. The molecule has 5 nitrogen and oxygen atoms in total. The van der Waals surface area contributed by atoms with Gasteiger partial charge < -0.3 is 14.6 Å². The number of phenolic OH excluding ortho intramolecular Hbond substituents is 1. The van der Waals surface area contributed by atoms with Crippen LogP contribution in [0.4, 0.5) is 27.6 Å². The van der Waals surface area contributed by atoms with Gasteiger partial charge in [0, 0.05) is 0 Å². The van der Waals surface area contributed by atoms with Crippen molar-refractivity contribution in [2.24, 2.45) is 0 Å². The second-order valence-electron chi connectivity index (χ2n) is 4.32. The molecule has 2 aromatic rings. The number of nitrogens with zero attached hydrogens (tertiary/aromatic N) is 1. The Bertz CT molecular complexity index is 894. The van der Waals surface area contributed by atoms with Crippen LogP contribution in [0.25, 0.3) is 4.72 Å². The first-order valence-electron chi connectivity index (χ1n) is 5.96. The first kappa shape index (κ1) is 22.1. The van der Waals surface area contributed by atoms with Crippen molar-refractivity contribution >= 4 is 15.7 Å². The van der Waals surface area contributed by atoms with Crippen molar-refractivity contribution in [3.8, 4) is 11.5 Å². The van der Waals surface area contributed by atoms with Crippen LogP contribution in [0.3, 0.4) is 0 Å². The molecule has 25 heavy (non-hydrogen) atoms. The summed E-state index contributed by atoms with van der Waals surface area (Å²) in [5, 5.41) is 9.49. The number of rotatable bonds is 4. The normalized spacial score (nSPS) is 11.0. The minimum Gasteiger partial charge on any atom is -0.572 e. The Morgan fingerprint density at radius 3 is 1.88 bits per heavy atom. The predicted molar refractivity (Wildman–Crippen MR) is 71.1 cm³/mol. The van der Waals surface area contributed by atoms with Crippen LogP contribution in [0.1, 0.15) is 0 Å². The van der Waals surface area contributed by atoms with Gasteiger partial charge in [-0.2, -0.15) is 0 Å². The van der Waals surface area contributed by atoms with Crippen LogP contribution in [0.15, 0.2) is 23.1 Å². The minimum absolute atomic E-state index is 0. The van der Waals surface area contributed by atoms with Crippen LogP contribution in [0, 0.1) is 29.1 Å². The Morgan fingerprint density at radius 1 is 0.960 bits per heavy atom. The molecule has 2 aromatic carbocycles. The SMILES string of the molecule is COc1ccc([N-]S(=O)(=O)c2c(F)c(F)c(F)c(F)c2F)cc1O.[K+]. The molecule has 0 amide bonds. The van der Waals surface area contributed by atoms with E-state index in [-0.39, 0.29) is 57.1 Å². The topological polar surface area (TPSA) is 77.7 Å². The van der Waals surface area contributed by atoms with Gasteiger partial charge in [-0.15, -0.1) is 5.69 Å². The van der Waals surface area contributed by atoms with Crippen LogP contribution in [0.2, 0.25) is 0 Å². The van der Waals surface area contributed by atoms with E-state index in [1.165, 1.54) is 7.11 Å². The Morgan fingerprint density at radius 2 is 1.44 bits per heavy atom. The largest absolute Gasteiger partial charge is 1.00 e. The zero-order chi connectivity index (χ0) is 18.2. The molecule has 12 heteroatoms. The first-order valence-corrected chi connectivity index (χ1v) is 7.40. The molecule has 1 N–H and O–H groups in total. The van der Waals surface area contributed by atoms with Crippen molar-refractivity contribution in [2.45, 2.75) is 4.90 Å². The molecule has 130 valence electrons. The average molecular weight is 407 g/mol. The van der Waals surface area contributed by atoms with Crippen LogP contribution in [0.5, 0.6) is 11.5 Å². The maximum atomic E-state index is 13.6. The van der Waals surface area contributed by atoms with E-state index in [1.54, 1.807) is 0 Å². The average Bonchev–Trinajstić information content (AvgIpc) is 2.50. The second-order valence-corrected chi connectivity index (χ2v) is 5.86. The summed E-state index contributed by atoms with van der Waals surface area (Å²) in [6.07, 6.45) is 0. The molecule has 0 aliphatic heterocycles. The van der Waals surface area contributed by atoms with E-state index >= 15 is 0 Å². The summed E-state index contributed by atoms with van der Waals surface area (Å²) in [7, 11) is -4.09. The molecular weight excluding hydrogens is 400 g/mol. The van der Waals surface area contributed by atoms with E-state index in [2.05, 4.69) is 4.72 Å². The summed E-state index contributed by atoms with van der Waals surface area (Å²) in [5.74, 6) is -13.0. The Labute approximate surface area is 181 Å². The maximum Gasteiger partial charge on any atom is 1.00 e. The number of methoxy groups -OCH3 is 1. The third-order valence-electron chi connectivity index (χ3n) is 2.82. The van der Waals surface area contributed by atoms with Crippen LogP contribution < -0.4 is 56.1 Å². The van der Waals surface area contributed by atoms with Gasteiger partial charge in [-0.05, 0) is 12.1 Å². The molecule has 0 unspecified atom stereocenters. The molecule has 0 saturated heterocycles. The summed E-state index contributed by atoms with van der Waals surface area (Å²) in [6.45, 7) is 0. The molecule has 0 heterocycles. The van der Waals surface area contributed by atoms with Gasteiger partial charge in [0.05, 0.1) is 7.11 Å². The molecule has 0 bridgehead atoms. The van der Waals surface area contributed by atoms with Gasteiger partial charge in [-0.1, -0.05) is 6.07 Å². The monoisotopic (exact) mass is 407 g/mol. The second kappa shape index (κ2) is 8.18. The molecule has 0 spiro atoms. The number of benzene rings is 2.